The predicted octanol–water partition coefficient (Wildman–Crippen LogP) is 3.61. The molecule has 1 saturated heterocycles. The van der Waals surface area contributed by atoms with Crippen LogP contribution in [0, 0.1) is 0 Å². The number of nitrogens with zero attached hydrogens (tertiary/aromatic N) is 2. The van der Waals surface area contributed by atoms with Crippen LogP contribution >= 0.6 is 11.6 Å². The minimum Gasteiger partial charge on any atom is -0.494 e. The summed E-state index contributed by atoms with van der Waals surface area (Å²) in [4.78, 5) is 16.3. The Balaban J connectivity index is 1.40. The number of hydrogen-bond donors (Lipinski definition) is 1. The maximum absolute atomic E-state index is 12.3. The number of nitrogens with one attached hydrogen (secondary N) is 1. The molecule has 0 spiro atoms. The van der Waals surface area contributed by atoms with Gasteiger partial charge in [0.15, 0.2) is 6.73 Å². The number of halogens is 1. The van der Waals surface area contributed by atoms with E-state index in [4.69, 9.17) is 21.1 Å². The van der Waals surface area contributed by atoms with Gasteiger partial charge in [0.05, 0.1) is 6.61 Å². The lowest BCUT2D eigenvalue weighted by Crippen LogP contribution is -2.52. The van der Waals surface area contributed by atoms with Crippen molar-refractivity contribution in [3.63, 3.8) is 0 Å². The van der Waals surface area contributed by atoms with E-state index in [9.17, 15) is 4.79 Å². The van der Waals surface area contributed by atoms with Crippen molar-refractivity contribution in [3.05, 3.63) is 53.6 Å². The van der Waals surface area contributed by atoms with Crippen LogP contribution in [0.2, 0.25) is 5.02 Å². The molecule has 2 amide bonds. The van der Waals surface area contributed by atoms with Crippen molar-refractivity contribution in [1.29, 1.82) is 0 Å². The van der Waals surface area contributed by atoms with Gasteiger partial charge >= 0.3 is 6.03 Å². The first-order valence-corrected chi connectivity index (χ1v) is 9.42. The summed E-state index contributed by atoms with van der Waals surface area (Å²) in [6, 6.07) is 15.0. The first kappa shape index (κ1) is 19.2. The van der Waals surface area contributed by atoms with Gasteiger partial charge in [-0.1, -0.05) is 17.7 Å². The van der Waals surface area contributed by atoms with Crippen molar-refractivity contribution >= 4 is 23.3 Å². The van der Waals surface area contributed by atoms with Gasteiger partial charge in [0.25, 0.3) is 0 Å². The van der Waals surface area contributed by atoms with Crippen molar-refractivity contribution in [2.24, 2.45) is 0 Å². The molecule has 3 rings (SSSR count). The normalized spacial score (nSPS) is 14.0. The van der Waals surface area contributed by atoms with Gasteiger partial charge in [0, 0.05) is 36.9 Å². The fourth-order valence-electron chi connectivity index (χ4n) is 2.93. The molecule has 0 saturated carbocycles. The van der Waals surface area contributed by atoms with Crippen molar-refractivity contribution in [2.75, 3.05) is 44.4 Å². The van der Waals surface area contributed by atoms with Crippen molar-refractivity contribution in [3.8, 4) is 11.5 Å². The summed E-state index contributed by atoms with van der Waals surface area (Å²) in [5.74, 6) is 1.48. The molecule has 6 nitrogen and oxygen atoms in total. The molecular weight excluding hydrogens is 366 g/mol. The van der Waals surface area contributed by atoms with Gasteiger partial charge in [-0.3, -0.25) is 0 Å². The molecule has 2 aromatic rings. The molecule has 0 radical (unpaired) electrons. The van der Waals surface area contributed by atoms with Crippen molar-refractivity contribution < 1.29 is 14.3 Å². The Kier molecular flexibility index (Phi) is 6.65. The van der Waals surface area contributed by atoms with Crippen LogP contribution in [0.5, 0.6) is 11.5 Å². The number of urea groups is 1. The number of rotatable bonds is 6. The average Bonchev–Trinajstić information content (AvgIpc) is 2.69. The molecule has 1 heterocycles. The third kappa shape index (κ3) is 5.44. The maximum atomic E-state index is 12.3. The van der Waals surface area contributed by atoms with Crippen LogP contribution < -0.4 is 19.7 Å². The van der Waals surface area contributed by atoms with E-state index >= 15 is 0 Å². The minimum absolute atomic E-state index is 0.119. The molecule has 1 aliphatic rings. The topological polar surface area (TPSA) is 54.0 Å². The summed E-state index contributed by atoms with van der Waals surface area (Å²) < 4.78 is 11.0. The van der Waals surface area contributed by atoms with E-state index in [1.165, 1.54) is 0 Å². The number of hydrogen-bond acceptors (Lipinski definition) is 4. The molecular formula is C20H24ClN3O3. The van der Waals surface area contributed by atoms with Crippen LogP contribution in [0.1, 0.15) is 6.92 Å². The number of carbonyl (C=O) groups excluding carboxylic acids is 1. The number of amides is 2. The Morgan fingerprint density at radius 1 is 1.04 bits per heavy atom. The van der Waals surface area contributed by atoms with Crippen molar-refractivity contribution in [2.45, 2.75) is 6.92 Å². The zero-order valence-electron chi connectivity index (χ0n) is 15.4. The standard InChI is InChI=1S/C20H24ClN3O3/c1-2-26-18-6-8-19(9-7-18)27-15-22-20(25)24-12-10-23(11-13-24)17-5-3-4-16(21)14-17/h3-9,14H,2,10-13,15H2,1H3,(H,22,25). The van der Waals surface area contributed by atoms with E-state index in [-0.39, 0.29) is 12.8 Å². The van der Waals surface area contributed by atoms with Crippen LogP contribution in [0.3, 0.4) is 0 Å². The molecule has 0 bridgehead atoms. The van der Waals surface area contributed by atoms with Gasteiger partial charge < -0.3 is 24.6 Å². The van der Waals surface area contributed by atoms with Gasteiger partial charge in [-0.05, 0) is 49.4 Å². The first-order chi connectivity index (χ1) is 13.2. The second-order valence-electron chi connectivity index (χ2n) is 6.13. The molecule has 0 atom stereocenters. The zero-order valence-corrected chi connectivity index (χ0v) is 16.1. The Morgan fingerprint density at radius 3 is 2.33 bits per heavy atom. The molecule has 7 heteroatoms. The summed E-state index contributed by atoms with van der Waals surface area (Å²) in [6.45, 7) is 5.54. The van der Waals surface area contributed by atoms with E-state index < -0.39 is 0 Å². The SMILES string of the molecule is CCOc1ccc(OCNC(=O)N2CCN(c3cccc(Cl)c3)CC2)cc1. The van der Waals surface area contributed by atoms with Crippen LogP contribution in [-0.4, -0.2) is 50.4 Å². The molecule has 1 aliphatic heterocycles. The van der Waals surface area contributed by atoms with E-state index in [2.05, 4.69) is 10.2 Å². The molecule has 0 aliphatic carbocycles. The van der Waals surface area contributed by atoms with Crippen molar-refractivity contribution in [1.82, 2.24) is 10.2 Å². The lowest BCUT2D eigenvalue weighted by Gasteiger charge is -2.36. The van der Waals surface area contributed by atoms with Crippen LogP contribution in [-0.2, 0) is 0 Å². The summed E-state index contributed by atoms with van der Waals surface area (Å²) in [7, 11) is 0. The molecule has 0 aromatic heterocycles. The van der Waals surface area contributed by atoms with Gasteiger partial charge in [-0.2, -0.15) is 0 Å². The zero-order chi connectivity index (χ0) is 19.1. The average molecular weight is 390 g/mol. The lowest BCUT2D eigenvalue weighted by molar-refractivity contribution is 0.181. The third-order valence-electron chi connectivity index (χ3n) is 4.34. The number of anilines is 1. The van der Waals surface area contributed by atoms with E-state index in [1.807, 2.05) is 55.5 Å². The minimum atomic E-state index is -0.119. The summed E-state index contributed by atoms with van der Waals surface area (Å²) >= 11 is 6.05. The summed E-state index contributed by atoms with van der Waals surface area (Å²) in [5, 5.41) is 3.52. The number of piperazine rings is 1. The van der Waals surface area contributed by atoms with Crippen LogP contribution in [0.15, 0.2) is 48.5 Å². The molecule has 27 heavy (non-hydrogen) atoms. The smallest absolute Gasteiger partial charge is 0.320 e. The molecule has 0 unspecified atom stereocenters. The van der Waals surface area contributed by atoms with Gasteiger partial charge in [-0.15, -0.1) is 0 Å². The maximum Gasteiger partial charge on any atom is 0.320 e. The predicted molar refractivity (Wildman–Crippen MR) is 107 cm³/mol. The third-order valence-corrected chi connectivity index (χ3v) is 4.57. The van der Waals surface area contributed by atoms with Gasteiger partial charge in [0.1, 0.15) is 11.5 Å². The summed E-state index contributed by atoms with van der Waals surface area (Å²) in [5.41, 5.74) is 1.08. The monoisotopic (exact) mass is 389 g/mol. The van der Waals surface area contributed by atoms with E-state index in [0.717, 1.165) is 29.5 Å². The Morgan fingerprint density at radius 2 is 1.70 bits per heavy atom. The number of ether oxygens (including phenoxy) is 2. The highest BCUT2D eigenvalue weighted by Crippen LogP contribution is 2.21. The quantitative estimate of drug-likeness (QED) is 0.767. The highest BCUT2D eigenvalue weighted by molar-refractivity contribution is 6.30. The molecule has 2 aromatic carbocycles. The second kappa shape index (κ2) is 9.37. The lowest BCUT2D eigenvalue weighted by atomic mass is 10.2. The Hall–Kier alpha value is -2.60. The fraction of sp³-hybridized carbons (Fsp3) is 0.350. The van der Waals surface area contributed by atoms with Gasteiger partial charge in [0.2, 0.25) is 0 Å². The highest BCUT2D eigenvalue weighted by atomic mass is 35.5. The fourth-order valence-corrected chi connectivity index (χ4v) is 3.12. The van der Waals surface area contributed by atoms with E-state index in [1.54, 1.807) is 4.90 Å². The Labute approximate surface area is 164 Å². The summed E-state index contributed by atoms with van der Waals surface area (Å²) in [6.07, 6.45) is 0. The van der Waals surface area contributed by atoms with Crippen LogP contribution in [0.25, 0.3) is 0 Å². The highest BCUT2D eigenvalue weighted by Gasteiger charge is 2.21. The molecule has 1 fully saturated rings. The van der Waals surface area contributed by atoms with Crippen LogP contribution in [0.4, 0.5) is 10.5 Å². The number of carbonyl (C=O) groups is 1. The largest absolute Gasteiger partial charge is 0.494 e. The van der Waals surface area contributed by atoms with Gasteiger partial charge in [-0.25, -0.2) is 4.79 Å². The van der Waals surface area contributed by atoms with E-state index in [0.29, 0.717) is 25.4 Å². The number of benzene rings is 2. The molecule has 144 valence electrons. The first-order valence-electron chi connectivity index (χ1n) is 9.04. The molecule has 1 N–H and O–H groups in total. The second-order valence-corrected chi connectivity index (χ2v) is 6.57. The Bertz CT molecular complexity index is 746.